The summed E-state index contributed by atoms with van der Waals surface area (Å²) >= 11 is 0. The van der Waals surface area contributed by atoms with Crippen LogP contribution in [0.3, 0.4) is 0 Å². The molecule has 3 rings (SSSR count). The molecule has 21 heavy (non-hydrogen) atoms. The van der Waals surface area contributed by atoms with Gasteiger partial charge in [-0.2, -0.15) is 0 Å². The number of rotatable bonds is 4. The number of benzene rings is 2. The molecular formula is C18H18O2S. The molecule has 0 aromatic heterocycles. The van der Waals surface area contributed by atoms with E-state index in [1.165, 1.54) is 5.56 Å². The Morgan fingerprint density at radius 2 is 1.76 bits per heavy atom. The van der Waals surface area contributed by atoms with E-state index in [-0.39, 0.29) is 0 Å². The van der Waals surface area contributed by atoms with E-state index in [2.05, 4.69) is 6.92 Å². The second kappa shape index (κ2) is 5.49. The molecule has 0 amide bonds. The number of unbranched alkanes of at least 4 members (excludes halogenated alkanes) is 1. The van der Waals surface area contributed by atoms with Crippen LogP contribution < -0.4 is 0 Å². The standard InChI is InChI=1S/C18H18O2S/c1-2-3-7-14-10-11-17-16(12-14)13-18(21(17,19)20)15-8-5-4-6-9-15/h4-6,8-13H,2-3,7H2,1H3. The van der Waals surface area contributed by atoms with Crippen LogP contribution in [-0.4, -0.2) is 8.42 Å². The Morgan fingerprint density at radius 3 is 2.48 bits per heavy atom. The maximum absolute atomic E-state index is 12.6. The quantitative estimate of drug-likeness (QED) is 0.842. The molecule has 0 saturated heterocycles. The maximum atomic E-state index is 12.6. The summed E-state index contributed by atoms with van der Waals surface area (Å²) in [6, 6.07) is 15.0. The van der Waals surface area contributed by atoms with Crippen molar-refractivity contribution < 1.29 is 8.42 Å². The lowest BCUT2D eigenvalue weighted by molar-refractivity contribution is 0.606. The van der Waals surface area contributed by atoms with E-state index < -0.39 is 9.84 Å². The first-order valence-electron chi connectivity index (χ1n) is 7.28. The molecule has 0 atom stereocenters. The minimum absolute atomic E-state index is 0.408. The van der Waals surface area contributed by atoms with Crippen LogP contribution in [-0.2, 0) is 16.3 Å². The van der Waals surface area contributed by atoms with Crippen LogP contribution in [0.25, 0.3) is 11.0 Å². The van der Waals surface area contributed by atoms with Crippen LogP contribution >= 0.6 is 0 Å². The van der Waals surface area contributed by atoms with Crippen LogP contribution in [0, 0.1) is 0 Å². The molecule has 2 aromatic carbocycles. The summed E-state index contributed by atoms with van der Waals surface area (Å²) in [5.41, 5.74) is 2.78. The Hall–Kier alpha value is -1.87. The molecule has 0 fully saturated rings. The van der Waals surface area contributed by atoms with Crippen LogP contribution in [0.1, 0.15) is 36.5 Å². The van der Waals surface area contributed by atoms with Gasteiger partial charge >= 0.3 is 0 Å². The van der Waals surface area contributed by atoms with E-state index in [1.807, 2.05) is 42.5 Å². The minimum atomic E-state index is -3.38. The molecule has 0 unspecified atom stereocenters. The van der Waals surface area contributed by atoms with Crippen molar-refractivity contribution in [1.29, 1.82) is 0 Å². The van der Waals surface area contributed by atoms with Gasteiger partial charge in [0.2, 0.25) is 9.84 Å². The van der Waals surface area contributed by atoms with E-state index in [0.717, 1.165) is 30.4 Å². The van der Waals surface area contributed by atoms with Gasteiger partial charge in [-0.3, -0.25) is 0 Å². The van der Waals surface area contributed by atoms with Gasteiger partial charge in [-0.15, -0.1) is 0 Å². The smallest absolute Gasteiger partial charge is 0.207 e. The minimum Gasteiger partial charge on any atom is -0.218 e. The fourth-order valence-corrected chi connectivity index (χ4v) is 4.31. The molecule has 1 aliphatic rings. The lowest BCUT2D eigenvalue weighted by Crippen LogP contribution is -2.00. The summed E-state index contributed by atoms with van der Waals surface area (Å²) in [7, 11) is -3.38. The Labute approximate surface area is 126 Å². The van der Waals surface area contributed by atoms with Gasteiger partial charge < -0.3 is 0 Å². The second-order valence-corrected chi connectivity index (χ2v) is 7.24. The van der Waals surface area contributed by atoms with Gasteiger partial charge in [0.25, 0.3) is 0 Å². The second-order valence-electron chi connectivity index (χ2n) is 5.35. The molecular weight excluding hydrogens is 280 g/mol. The van der Waals surface area contributed by atoms with Crippen LogP contribution in [0.4, 0.5) is 0 Å². The van der Waals surface area contributed by atoms with Crippen LogP contribution in [0.2, 0.25) is 0 Å². The molecule has 2 nitrogen and oxygen atoms in total. The van der Waals surface area contributed by atoms with Crippen molar-refractivity contribution in [2.24, 2.45) is 0 Å². The number of aryl methyl sites for hydroxylation is 1. The van der Waals surface area contributed by atoms with Crippen molar-refractivity contribution in [2.45, 2.75) is 31.1 Å². The van der Waals surface area contributed by atoms with Gasteiger partial charge in [0.05, 0.1) is 9.80 Å². The zero-order valence-corrected chi connectivity index (χ0v) is 12.9. The third-order valence-corrected chi connectivity index (χ3v) is 5.70. The molecule has 108 valence electrons. The number of sulfone groups is 1. The average molecular weight is 298 g/mol. The molecule has 3 heteroatoms. The van der Waals surface area contributed by atoms with Gasteiger partial charge in [-0.05, 0) is 41.7 Å². The van der Waals surface area contributed by atoms with E-state index in [0.29, 0.717) is 9.80 Å². The summed E-state index contributed by atoms with van der Waals surface area (Å²) in [4.78, 5) is 0.840. The van der Waals surface area contributed by atoms with Gasteiger partial charge in [-0.25, -0.2) is 8.42 Å². The molecule has 1 aliphatic heterocycles. The predicted octanol–water partition coefficient (Wildman–Crippen LogP) is 4.31. The monoisotopic (exact) mass is 298 g/mol. The van der Waals surface area contributed by atoms with Crippen molar-refractivity contribution in [3.63, 3.8) is 0 Å². The maximum Gasteiger partial charge on any atom is 0.207 e. The average Bonchev–Trinajstić information content (AvgIpc) is 2.77. The highest BCUT2D eigenvalue weighted by Gasteiger charge is 2.30. The summed E-state index contributed by atoms with van der Waals surface area (Å²) in [6.07, 6.45) is 5.06. The van der Waals surface area contributed by atoms with Gasteiger partial charge in [0.1, 0.15) is 0 Å². The number of hydrogen-bond donors (Lipinski definition) is 0. The summed E-state index contributed by atoms with van der Waals surface area (Å²) in [5, 5.41) is 0. The van der Waals surface area contributed by atoms with Crippen molar-refractivity contribution in [1.82, 2.24) is 0 Å². The normalized spacial score (nSPS) is 15.6. The molecule has 0 N–H and O–H groups in total. The Kier molecular flexibility index (Phi) is 3.68. The van der Waals surface area contributed by atoms with E-state index >= 15 is 0 Å². The predicted molar refractivity (Wildman–Crippen MR) is 86.6 cm³/mol. The Balaban J connectivity index is 2.05. The molecule has 0 radical (unpaired) electrons. The van der Waals surface area contributed by atoms with Crippen LogP contribution in [0.5, 0.6) is 0 Å². The van der Waals surface area contributed by atoms with Crippen molar-refractivity contribution in [2.75, 3.05) is 0 Å². The lowest BCUT2D eigenvalue weighted by atomic mass is 10.0. The SMILES string of the molecule is CCCCc1ccc2c(c1)C=C(c1ccccc1)S2(=O)=O. The van der Waals surface area contributed by atoms with Gasteiger partial charge in [0, 0.05) is 0 Å². The number of fused-ring (bicyclic) bond motifs is 1. The topological polar surface area (TPSA) is 34.1 Å². The summed E-state index contributed by atoms with van der Waals surface area (Å²) in [5.74, 6) is 0. The van der Waals surface area contributed by atoms with Crippen LogP contribution in [0.15, 0.2) is 53.4 Å². The molecule has 2 aromatic rings. The summed E-state index contributed by atoms with van der Waals surface area (Å²) in [6.45, 7) is 2.16. The summed E-state index contributed by atoms with van der Waals surface area (Å²) < 4.78 is 25.3. The Bertz CT molecular complexity index is 787. The van der Waals surface area contributed by atoms with Gasteiger partial charge in [0.15, 0.2) is 0 Å². The third kappa shape index (κ3) is 2.54. The number of hydrogen-bond acceptors (Lipinski definition) is 2. The molecule has 0 bridgehead atoms. The first-order chi connectivity index (χ1) is 10.1. The van der Waals surface area contributed by atoms with Crippen molar-refractivity contribution in [3.05, 3.63) is 65.2 Å². The fraction of sp³-hybridized carbons (Fsp3) is 0.222. The first-order valence-corrected chi connectivity index (χ1v) is 8.76. The molecule has 1 heterocycles. The fourth-order valence-electron chi connectivity index (χ4n) is 2.67. The highest BCUT2D eigenvalue weighted by atomic mass is 32.2. The zero-order valence-electron chi connectivity index (χ0n) is 12.0. The molecule has 0 spiro atoms. The Morgan fingerprint density at radius 1 is 1.00 bits per heavy atom. The highest BCUT2D eigenvalue weighted by molar-refractivity contribution is 8.01. The van der Waals surface area contributed by atoms with E-state index in [4.69, 9.17) is 0 Å². The van der Waals surface area contributed by atoms with Crippen molar-refractivity contribution in [3.8, 4) is 0 Å². The largest absolute Gasteiger partial charge is 0.218 e. The van der Waals surface area contributed by atoms with Gasteiger partial charge in [-0.1, -0.05) is 55.8 Å². The lowest BCUT2D eigenvalue weighted by Gasteiger charge is -2.05. The highest BCUT2D eigenvalue weighted by Crippen LogP contribution is 2.38. The van der Waals surface area contributed by atoms with E-state index in [9.17, 15) is 8.42 Å². The molecule has 0 saturated carbocycles. The zero-order chi connectivity index (χ0) is 14.9. The first kappa shape index (κ1) is 14.1. The third-order valence-electron chi connectivity index (χ3n) is 3.82. The molecule has 0 aliphatic carbocycles. The van der Waals surface area contributed by atoms with E-state index in [1.54, 1.807) is 12.1 Å². The van der Waals surface area contributed by atoms with Crippen molar-refractivity contribution >= 4 is 20.8 Å².